The molecule has 3 rings (SSSR count). The largest absolute Gasteiger partial charge is 0.311 e. The van der Waals surface area contributed by atoms with Gasteiger partial charge in [0.2, 0.25) is 5.91 Å². The quantitative estimate of drug-likeness (QED) is 0.639. The van der Waals surface area contributed by atoms with Crippen molar-refractivity contribution in [2.75, 3.05) is 10.0 Å². The molecule has 0 aliphatic carbocycles. The van der Waals surface area contributed by atoms with Gasteiger partial charge >= 0.3 is 0 Å². The van der Waals surface area contributed by atoms with E-state index in [4.69, 9.17) is 0 Å². The van der Waals surface area contributed by atoms with E-state index in [1.807, 2.05) is 0 Å². The fourth-order valence-electron chi connectivity index (χ4n) is 2.76. The summed E-state index contributed by atoms with van der Waals surface area (Å²) in [6, 6.07) is 5.40. The van der Waals surface area contributed by atoms with Gasteiger partial charge in [0, 0.05) is 30.9 Å². The Kier molecular flexibility index (Phi) is 5.79. The minimum atomic E-state index is -4.32. The molecule has 7 nitrogen and oxygen atoms in total. The smallest absolute Gasteiger partial charge is 0.264 e. The molecule has 1 amide bonds. The number of carbonyl (C=O) groups is 1. The van der Waals surface area contributed by atoms with Crippen molar-refractivity contribution in [3.63, 3.8) is 0 Å². The van der Waals surface area contributed by atoms with Crippen molar-refractivity contribution in [2.45, 2.75) is 25.7 Å². The van der Waals surface area contributed by atoms with Gasteiger partial charge in [-0.3, -0.25) is 14.5 Å². The van der Waals surface area contributed by atoms with Gasteiger partial charge in [0.05, 0.1) is 11.4 Å². The van der Waals surface area contributed by atoms with Gasteiger partial charge in [-0.2, -0.15) is 0 Å². The van der Waals surface area contributed by atoms with E-state index in [1.165, 1.54) is 6.92 Å². The molecule has 0 unspecified atom stereocenters. The molecule has 0 aliphatic heterocycles. The second-order valence-electron chi connectivity index (χ2n) is 6.60. The van der Waals surface area contributed by atoms with E-state index in [2.05, 4.69) is 20.0 Å². The van der Waals surface area contributed by atoms with Crippen LogP contribution in [0.15, 0.2) is 47.6 Å². The molecular formula is C20H18F2N4O3S. The Morgan fingerprint density at radius 2 is 1.77 bits per heavy atom. The third kappa shape index (κ3) is 4.60. The Labute approximate surface area is 172 Å². The summed E-state index contributed by atoms with van der Waals surface area (Å²) in [6.07, 6.45) is 3.11. The molecule has 0 fully saturated rings. The maximum atomic E-state index is 14.0. The predicted octanol–water partition coefficient (Wildman–Crippen LogP) is 3.80. The maximum Gasteiger partial charge on any atom is 0.264 e. The number of rotatable bonds is 5. The highest BCUT2D eigenvalue weighted by atomic mass is 32.2. The van der Waals surface area contributed by atoms with Crippen LogP contribution in [0, 0.1) is 25.5 Å². The van der Waals surface area contributed by atoms with Gasteiger partial charge in [-0.15, -0.1) is 0 Å². The van der Waals surface area contributed by atoms with Crippen LogP contribution in [0.4, 0.5) is 20.3 Å². The summed E-state index contributed by atoms with van der Waals surface area (Å²) in [5, 5.41) is 2.58. The van der Waals surface area contributed by atoms with Gasteiger partial charge < -0.3 is 5.32 Å². The second-order valence-corrected chi connectivity index (χ2v) is 8.25. The number of nitrogens with zero attached hydrogens (tertiary/aromatic N) is 2. The SMILES string of the molecule is CC(=O)Nc1cc(-c2cnc(C)c(NS(=O)(=O)c3ccc(F)cc3F)c2)c(C)cn1. The number of aryl methyl sites for hydroxylation is 2. The van der Waals surface area contributed by atoms with Crippen molar-refractivity contribution in [1.29, 1.82) is 0 Å². The number of nitrogens with one attached hydrogen (secondary N) is 2. The van der Waals surface area contributed by atoms with Gasteiger partial charge in [0.15, 0.2) is 0 Å². The average Bonchev–Trinajstić information content (AvgIpc) is 2.64. The van der Waals surface area contributed by atoms with Gasteiger partial charge in [-0.25, -0.2) is 22.2 Å². The van der Waals surface area contributed by atoms with E-state index in [-0.39, 0.29) is 11.6 Å². The lowest BCUT2D eigenvalue weighted by Gasteiger charge is -2.14. The molecule has 3 aromatic rings. The summed E-state index contributed by atoms with van der Waals surface area (Å²) in [5.41, 5.74) is 2.50. The first-order chi connectivity index (χ1) is 14.1. The number of amides is 1. The number of sulfonamides is 1. The molecule has 0 bridgehead atoms. The van der Waals surface area contributed by atoms with E-state index >= 15 is 0 Å². The van der Waals surface area contributed by atoms with Crippen LogP contribution in [0.1, 0.15) is 18.2 Å². The zero-order valence-corrected chi connectivity index (χ0v) is 17.1. The minimum absolute atomic E-state index is 0.133. The van der Waals surface area contributed by atoms with Crippen LogP contribution in [0.2, 0.25) is 0 Å². The third-order valence-electron chi connectivity index (χ3n) is 4.23. The number of hydrogen-bond acceptors (Lipinski definition) is 5. The van der Waals surface area contributed by atoms with Crippen LogP contribution < -0.4 is 10.0 Å². The normalized spacial score (nSPS) is 11.2. The Morgan fingerprint density at radius 3 is 2.43 bits per heavy atom. The molecule has 0 aliphatic rings. The zero-order chi connectivity index (χ0) is 22.1. The summed E-state index contributed by atoms with van der Waals surface area (Å²) < 4.78 is 54.6. The van der Waals surface area contributed by atoms with Crippen LogP contribution >= 0.6 is 0 Å². The standard InChI is InChI=1S/C20H18F2N4O3S/c1-11-9-24-20(25-13(3)27)8-16(11)14-6-18(12(2)23-10-14)26-30(28,29)19-5-4-15(21)7-17(19)22/h4-10,26H,1-3H3,(H,24,25,27). The molecule has 156 valence electrons. The summed E-state index contributed by atoms with van der Waals surface area (Å²) in [5.74, 6) is -2.03. The molecule has 2 N–H and O–H groups in total. The van der Waals surface area contributed by atoms with E-state index < -0.39 is 26.6 Å². The average molecular weight is 432 g/mol. The lowest BCUT2D eigenvalue weighted by molar-refractivity contribution is -0.114. The predicted molar refractivity (Wildman–Crippen MR) is 108 cm³/mol. The van der Waals surface area contributed by atoms with Gasteiger partial charge in [0.1, 0.15) is 22.3 Å². The fourth-order valence-corrected chi connectivity index (χ4v) is 3.93. The highest BCUT2D eigenvalue weighted by molar-refractivity contribution is 7.92. The second kappa shape index (κ2) is 8.15. The maximum absolute atomic E-state index is 14.0. The molecule has 0 radical (unpaired) electrons. The van der Waals surface area contributed by atoms with Crippen LogP contribution in [-0.2, 0) is 14.8 Å². The number of aromatic nitrogens is 2. The van der Waals surface area contributed by atoms with Crippen LogP contribution in [-0.4, -0.2) is 24.3 Å². The molecule has 1 aromatic carbocycles. The van der Waals surface area contributed by atoms with Crippen molar-refractivity contribution in [3.8, 4) is 11.1 Å². The van der Waals surface area contributed by atoms with E-state index in [9.17, 15) is 22.0 Å². The first kappa shape index (κ1) is 21.3. The van der Waals surface area contributed by atoms with Gasteiger partial charge in [0.25, 0.3) is 10.0 Å². The Bertz CT molecular complexity index is 1250. The number of halogens is 2. The first-order valence-corrected chi connectivity index (χ1v) is 10.2. The molecule has 30 heavy (non-hydrogen) atoms. The number of pyridine rings is 2. The topological polar surface area (TPSA) is 101 Å². The first-order valence-electron chi connectivity index (χ1n) is 8.76. The molecule has 0 saturated carbocycles. The monoisotopic (exact) mass is 432 g/mol. The van der Waals surface area contributed by atoms with Crippen LogP contribution in [0.5, 0.6) is 0 Å². The molecule has 0 saturated heterocycles. The zero-order valence-electron chi connectivity index (χ0n) is 16.3. The number of benzene rings is 1. The van der Waals surface area contributed by atoms with Crippen molar-refractivity contribution in [2.24, 2.45) is 0 Å². The highest BCUT2D eigenvalue weighted by Gasteiger charge is 2.21. The molecule has 2 aromatic heterocycles. The Morgan fingerprint density at radius 1 is 1.03 bits per heavy atom. The summed E-state index contributed by atoms with van der Waals surface area (Å²) in [4.78, 5) is 18.9. The van der Waals surface area contributed by atoms with Gasteiger partial charge in [-0.05, 0) is 49.2 Å². The Hall–Kier alpha value is -3.40. The number of carbonyl (C=O) groups excluding carboxylic acids is 1. The van der Waals surface area contributed by atoms with Crippen molar-refractivity contribution < 1.29 is 22.0 Å². The van der Waals surface area contributed by atoms with E-state index in [0.29, 0.717) is 28.7 Å². The van der Waals surface area contributed by atoms with Crippen molar-refractivity contribution in [3.05, 3.63) is 65.6 Å². The van der Waals surface area contributed by atoms with Crippen LogP contribution in [0.25, 0.3) is 11.1 Å². The fraction of sp³-hybridized carbons (Fsp3) is 0.150. The summed E-state index contributed by atoms with van der Waals surface area (Å²) in [6.45, 7) is 4.75. The molecular weight excluding hydrogens is 414 g/mol. The van der Waals surface area contributed by atoms with Gasteiger partial charge in [-0.1, -0.05) is 0 Å². The van der Waals surface area contributed by atoms with Crippen molar-refractivity contribution >= 4 is 27.4 Å². The van der Waals surface area contributed by atoms with E-state index in [0.717, 1.165) is 17.7 Å². The van der Waals surface area contributed by atoms with Crippen molar-refractivity contribution in [1.82, 2.24) is 9.97 Å². The summed E-state index contributed by atoms with van der Waals surface area (Å²) >= 11 is 0. The molecule has 0 spiro atoms. The van der Waals surface area contributed by atoms with E-state index in [1.54, 1.807) is 38.4 Å². The number of hydrogen-bond donors (Lipinski definition) is 2. The molecule has 0 atom stereocenters. The summed E-state index contributed by atoms with van der Waals surface area (Å²) in [7, 11) is -4.32. The number of anilines is 2. The minimum Gasteiger partial charge on any atom is -0.311 e. The lowest BCUT2D eigenvalue weighted by Crippen LogP contribution is -2.16. The molecule has 2 heterocycles. The third-order valence-corrected chi connectivity index (χ3v) is 5.63. The van der Waals surface area contributed by atoms with Crippen LogP contribution in [0.3, 0.4) is 0 Å². The Balaban J connectivity index is 2.01. The highest BCUT2D eigenvalue weighted by Crippen LogP contribution is 2.29. The molecule has 10 heteroatoms. The lowest BCUT2D eigenvalue weighted by atomic mass is 10.0.